The molecule has 1 atom stereocenters. The average molecular weight is 289 g/mol. The van der Waals surface area contributed by atoms with Gasteiger partial charge in [-0.3, -0.25) is 10.1 Å². The van der Waals surface area contributed by atoms with Gasteiger partial charge in [-0.1, -0.05) is 57.6 Å². The zero-order valence-corrected chi connectivity index (χ0v) is 13.1. The van der Waals surface area contributed by atoms with Crippen LogP contribution in [-0.2, 0) is 6.42 Å². The van der Waals surface area contributed by atoms with E-state index in [4.69, 9.17) is 0 Å². The summed E-state index contributed by atoms with van der Waals surface area (Å²) in [5.74, 6) is 0.542. The molecule has 0 aliphatic heterocycles. The molecule has 1 aliphatic carbocycles. The van der Waals surface area contributed by atoms with Crippen LogP contribution in [-0.4, -0.2) is 4.92 Å². The maximum atomic E-state index is 11.1. The molecule has 1 unspecified atom stereocenters. The number of hydrogen-bond acceptors (Lipinski definition) is 2. The molecule has 0 aromatic heterocycles. The van der Waals surface area contributed by atoms with E-state index in [1.165, 1.54) is 56.9 Å². The van der Waals surface area contributed by atoms with E-state index in [0.717, 1.165) is 18.4 Å². The van der Waals surface area contributed by atoms with Gasteiger partial charge in [0.2, 0.25) is 0 Å². The molecule has 3 nitrogen and oxygen atoms in total. The molecule has 1 aliphatic rings. The molecule has 0 saturated heterocycles. The Bertz CT molecular complexity index is 470. The summed E-state index contributed by atoms with van der Waals surface area (Å²) in [5.41, 5.74) is 2.59. The van der Waals surface area contributed by atoms with Crippen molar-refractivity contribution in [3.05, 3.63) is 39.4 Å². The minimum absolute atomic E-state index is 0.216. The summed E-state index contributed by atoms with van der Waals surface area (Å²) in [4.78, 5) is 10.9. The first kappa shape index (κ1) is 16.0. The Labute approximate surface area is 127 Å². The second-order valence-electron chi connectivity index (χ2n) is 6.25. The molecule has 116 valence electrons. The van der Waals surface area contributed by atoms with Gasteiger partial charge in [0.25, 0.3) is 5.69 Å². The third-order valence-corrected chi connectivity index (χ3v) is 4.71. The van der Waals surface area contributed by atoms with Crippen molar-refractivity contribution in [1.29, 1.82) is 0 Å². The number of nitro benzene ring substituents is 1. The highest BCUT2D eigenvalue weighted by Gasteiger charge is 2.25. The van der Waals surface area contributed by atoms with Gasteiger partial charge < -0.3 is 0 Å². The molecule has 0 bridgehead atoms. The maximum Gasteiger partial charge on any atom is 0.272 e. The van der Waals surface area contributed by atoms with Crippen molar-refractivity contribution in [1.82, 2.24) is 0 Å². The summed E-state index contributed by atoms with van der Waals surface area (Å²) in [5, 5.41) is 11.1. The van der Waals surface area contributed by atoms with Gasteiger partial charge in [-0.15, -0.1) is 0 Å². The molecule has 0 saturated carbocycles. The molecule has 0 heterocycles. The summed E-state index contributed by atoms with van der Waals surface area (Å²) in [6.07, 6.45) is 12.3. The Hall–Kier alpha value is -1.38. The summed E-state index contributed by atoms with van der Waals surface area (Å²) < 4.78 is 0. The highest BCUT2D eigenvalue weighted by molar-refractivity contribution is 5.48. The van der Waals surface area contributed by atoms with Crippen LogP contribution in [0.25, 0.3) is 0 Å². The summed E-state index contributed by atoms with van der Waals surface area (Å²) in [6.45, 7) is 2.24. The molecule has 0 N–H and O–H groups in total. The van der Waals surface area contributed by atoms with E-state index in [-0.39, 0.29) is 4.92 Å². The second-order valence-corrected chi connectivity index (χ2v) is 6.25. The zero-order chi connectivity index (χ0) is 15.1. The number of unbranched alkanes of at least 4 members (excludes halogenated alkanes) is 5. The predicted octanol–water partition coefficient (Wildman–Crippen LogP) is 5.77. The minimum Gasteiger partial charge on any atom is -0.258 e. The lowest BCUT2D eigenvalue weighted by atomic mass is 9.79. The van der Waals surface area contributed by atoms with Gasteiger partial charge >= 0.3 is 0 Å². The molecule has 0 fully saturated rings. The predicted molar refractivity (Wildman–Crippen MR) is 86.8 cm³/mol. The molecule has 21 heavy (non-hydrogen) atoms. The Morgan fingerprint density at radius 2 is 1.95 bits per heavy atom. The molecule has 0 radical (unpaired) electrons. The molecule has 0 amide bonds. The van der Waals surface area contributed by atoms with E-state index in [9.17, 15) is 10.1 Å². The van der Waals surface area contributed by atoms with Gasteiger partial charge in [0.1, 0.15) is 0 Å². The van der Waals surface area contributed by atoms with Crippen molar-refractivity contribution in [2.75, 3.05) is 0 Å². The van der Waals surface area contributed by atoms with E-state index < -0.39 is 0 Å². The largest absolute Gasteiger partial charge is 0.272 e. The summed E-state index contributed by atoms with van der Waals surface area (Å²) in [7, 11) is 0. The fraction of sp³-hybridized carbons (Fsp3) is 0.667. The van der Waals surface area contributed by atoms with Crippen molar-refractivity contribution < 1.29 is 4.92 Å². The first-order chi connectivity index (χ1) is 10.2. The molecule has 1 aromatic carbocycles. The fourth-order valence-electron chi connectivity index (χ4n) is 3.57. The first-order valence-corrected chi connectivity index (χ1v) is 8.50. The normalized spacial score (nSPS) is 17.5. The number of hydrogen-bond donors (Lipinski definition) is 0. The highest BCUT2D eigenvalue weighted by Crippen LogP contribution is 2.39. The van der Waals surface area contributed by atoms with Gasteiger partial charge in [0.15, 0.2) is 0 Å². The first-order valence-electron chi connectivity index (χ1n) is 8.50. The van der Waals surface area contributed by atoms with Gasteiger partial charge in [0.05, 0.1) is 4.92 Å². The monoisotopic (exact) mass is 289 g/mol. The van der Waals surface area contributed by atoms with E-state index in [1.807, 2.05) is 6.07 Å². The van der Waals surface area contributed by atoms with E-state index in [2.05, 4.69) is 13.0 Å². The Morgan fingerprint density at radius 3 is 2.71 bits per heavy atom. The summed E-state index contributed by atoms with van der Waals surface area (Å²) in [6, 6.07) is 5.63. The number of nitrogens with zero attached hydrogens (tertiary/aromatic N) is 1. The highest BCUT2D eigenvalue weighted by atomic mass is 16.6. The number of nitro groups is 1. The van der Waals surface area contributed by atoms with Crippen LogP contribution in [0.2, 0.25) is 0 Å². The lowest BCUT2D eigenvalue weighted by Crippen LogP contribution is -2.12. The van der Waals surface area contributed by atoms with Gasteiger partial charge in [-0.25, -0.2) is 0 Å². The van der Waals surface area contributed by atoms with Crippen molar-refractivity contribution in [2.24, 2.45) is 0 Å². The minimum atomic E-state index is -0.216. The van der Waals surface area contributed by atoms with Crippen LogP contribution in [0.5, 0.6) is 0 Å². The van der Waals surface area contributed by atoms with Gasteiger partial charge in [-0.2, -0.15) is 0 Å². The third-order valence-electron chi connectivity index (χ3n) is 4.71. The van der Waals surface area contributed by atoms with Crippen molar-refractivity contribution in [2.45, 2.75) is 77.0 Å². The maximum absolute atomic E-state index is 11.1. The number of rotatable bonds is 8. The van der Waals surface area contributed by atoms with Crippen molar-refractivity contribution >= 4 is 5.69 Å². The van der Waals surface area contributed by atoms with Gasteiger partial charge in [-0.05, 0) is 37.2 Å². The topological polar surface area (TPSA) is 43.1 Å². The van der Waals surface area contributed by atoms with Crippen LogP contribution >= 0.6 is 0 Å². The molecule has 0 spiro atoms. The van der Waals surface area contributed by atoms with Crippen molar-refractivity contribution in [3.63, 3.8) is 0 Å². The number of benzene rings is 1. The second kappa shape index (κ2) is 8.16. The quantitative estimate of drug-likeness (QED) is 0.346. The smallest absolute Gasteiger partial charge is 0.258 e. The van der Waals surface area contributed by atoms with Crippen LogP contribution in [0.4, 0.5) is 5.69 Å². The van der Waals surface area contributed by atoms with Crippen LogP contribution < -0.4 is 0 Å². The lowest BCUT2D eigenvalue weighted by Gasteiger charge is -2.25. The van der Waals surface area contributed by atoms with E-state index in [1.54, 1.807) is 6.07 Å². The SMILES string of the molecule is CCCCCCCCC1CCCc2c1cccc2[N+](=O)[O-]. The molecular weight excluding hydrogens is 262 g/mol. The molecule has 1 aromatic rings. The summed E-state index contributed by atoms with van der Waals surface area (Å²) >= 11 is 0. The standard InChI is InChI=1S/C18H27NO2/c1-2-3-4-5-6-7-10-15-11-8-13-17-16(15)12-9-14-18(17)19(20)21/h9,12,14-15H,2-8,10-11,13H2,1H3. The van der Waals surface area contributed by atoms with Crippen LogP contribution in [0.1, 0.15) is 81.8 Å². The van der Waals surface area contributed by atoms with Crippen LogP contribution in [0.3, 0.4) is 0 Å². The lowest BCUT2D eigenvalue weighted by molar-refractivity contribution is -0.385. The third kappa shape index (κ3) is 4.29. The Balaban J connectivity index is 1.92. The van der Waals surface area contributed by atoms with Crippen molar-refractivity contribution in [3.8, 4) is 0 Å². The zero-order valence-electron chi connectivity index (χ0n) is 13.1. The van der Waals surface area contributed by atoms with E-state index in [0.29, 0.717) is 11.6 Å². The number of fused-ring (bicyclic) bond motifs is 1. The molecule has 3 heteroatoms. The Morgan fingerprint density at radius 1 is 1.19 bits per heavy atom. The Kier molecular flexibility index (Phi) is 6.21. The van der Waals surface area contributed by atoms with E-state index >= 15 is 0 Å². The van der Waals surface area contributed by atoms with Crippen LogP contribution in [0, 0.1) is 10.1 Å². The van der Waals surface area contributed by atoms with Gasteiger partial charge in [0, 0.05) is 11.6 Å². The molecular formula is C18H27NO2. The molecule has 2 rings (SSSR count). The van der Waals surface area contributed by atoms with Crippen LogP contribution in [0.15, 0.2) is 18.2 Å². The fourth-order valence-corrected chi connectivity index (χ4v) is 3.57. The average Bonchev–Trinajstić information content (AvgIpc) is 2.50.